The maximum Gasteiger partial charge on any atom is 0.414 e. The Labute approximate surface area is 82.8 Å². The molecule has 0 aliphatic carbocycles. The molecule has 0 amide bonds. The van der Waals surface area contributed by atoms with E-state index in [9.17, 15) is 5.11 Å². The normalized spacial score (nSPS) is 13.9. The van der Waals surface area contributed by atoms with Gasteiger partial charge in [-0.1, -0.05) is 6.92 Å². The second-order valence-corrected chi connectivity index (χ2v) is 3.08. The SMILES string of the molecule is CCC(C)(O)N(C)C.O=C(O)C(=O)O. The third-order valence-electron chi connectivity index (χ3n) is 1.82. The van der Waals surface area contributed by atoms with Crippen molar-refractivity contribution < 1.29 is 24.9 Å². The van der Waals surface area contributed by atoms with E-state index in [0.717, 1.165) is 6.42 Å². The first-order valence-electron chi connectivity index (χ1n) is 4.01. The number of nitrogens with zero attached hydrogens (tertiary/aromatic N) is 1. The maximum atomic E-state index is 9.33. The summed E-state index contributed by atoms with van der Waals surface area (Å²) in [6, 6.07) is 0. The molecule has 6 heteroatoms. The molecule has 0 aromatic heterocycles. The molecule has 0 aromatic carbocycles. The van der Waals surface area contributed by atoms with Gasteiger partial charge in [-0.3, -0.25) is 4.90 Å². The molecule has 0 radical (unpaired) electrons. The Morgan fingerprint density at radius 3 is 1.50 bits per heavy atom. The van der Waals surface area contributed by atoms with Crippen LogP contribution in [0.1, 0.15) is 20.3 Å². The molecule has 0 aromatic rings. The van der Waals surface area contributed by atoms with Gasteiger partial charge in [-0.25, -0.2) is 9.59 Å². The Morgan fingerprint density at radius 2 is 1.50 bits per heavy atom. The zero-order valence-corrected chi connectivity index (χ0v) is 8.81. The Hall–Kier alpha value is -1.14. The highest BCUT2D eigenvalue weighted by Crippen LogP contribution is 2.09. The molecule has 0 spiro atoms. The van der Waals surface area contributed by atoms with Crippen molar-refractivity contribution in [2.45, 2.75) is 26.0 Å². The fourth-order valence-electron chi connectivity index (χ4n) is 0.316. The first-order valence-corrected chi connectivity index (χ1v) is 4.01. The van der Waals surface area contributed by atoms with E-state index >= 15 is 0 Å². The monoisotopic (exact) mass is 207 g/mol. The average molecular weight is 207 g/mol. The lowest BCUT2D eigenvalue weighted by atomic mass is 10.2. The van der Waals surface area contributed by atoms with E-state index in [-0.39, 0.29) is 0 Å². The third kappa shape index (κ3) is 7.51. The zero-order chi connectivity index (χ0) is 11.9. The van der Waals surface area contributed by atoms with Gasteiger partial charge in [0.25, 0.3) is 0 Å². The number of hydrogen-bond acceptors (Lipinski definition) is 4. The Balaban J connectivity index is 0. The molecule has 84 valence electrons. The van der Waals surface area contributed by atoms with Gasteiger partial charge in [0.15, 0.2) is 0 Å². The van der Waals surface area contributed by atoms with Crippen LogP contribution in [0.25, 0.3) is 0 Å². The third-order valence-corrected chi connectivity index (χ3v) is 1.82. The number of carbonyl (C=O) groups is 2. The molecule has 0 bridgehead atoms. The molecule has 0 heterocycles. The molecular formula is C8H17NO5. The van der Waals surface area contributed by atoms with E-state index < -0.39 is 17.7 Å². The summed E-state index contributed by atoms with van der Waals surface area (Å²) in [5.41, 5.74) is -0.625. The molecular weight excluding hydrogens is 190 g/mol. The molecule has 1 unspecified atom stereocenters. The van der Waals surface area contributed by atoms with Crippen molar-refractivity contribution in [3.05, 3.63) is 0 Å². The minimum atomic E-state index is -1.82. The average Bonchev–Trinajstić information content (AvgIpc) is 2.05. The quantitative estimate of drug-likeness (QED) is 0.429. The van der Waals surface area contributed by atoms with Crippen molar-refractivity contribution >= 4 is 11.9 Å². The van der Waals surface area contributed by atoms with Crippen molar-refractivity contribution in [3.8, 4) is 0 Å². The molecule has 0 rings (SSSR count). The van der Waals surface area contributed by atoms with Crippen LogP contribution >= 0.6 is 0 Å². The lowest BCUT2D eigenvalue weighted by Gasteiger charge is -2.29. The first kappa shape index (κ1) is 15.3. The molecule has 0 saturated carbocycles. The van der Waals surface area contributed by atoms with E-state index in [1.165, 1.54) is 0 Å². The van der Waals surface area contributed by atoms with Gasteiger partial charge in [0.2, 0.25) is 0 Å². The van der Waals surface area contributed by atoms with Gasteiger partial charge in [0, 0.05) is 0 Å². The van der Waals surface area contributed by atoms with Crippen LogP contribution < -0.4 is 0 Å². The van der Waals surface area contributed by atoms with Crippen LogP contribution in [0.4, 0.5) is 0 Å². The summed E-state index contributed by atoms with van der Waals surface area (Å²) in [6.07, 6.45) is 0.764. The number of carboxylic acid groups (broad SMARTS) is 2. The minimum absolute atomic E-state index is 0.625. The second kappa shape index (κ2) is 6.33. The molecule has 6 nitrogen and oxygen atoms in total. The highest BCUT2D eigenvalue weighted by atomic mass is 16.4. The molecule has 0 aliphatic heterocycles. The maximum absolute atomic E-state index is 9.33. The van der Waals surface area contributed by atoms with Gasteiger partial charge in [0.05, 0.1) is 0 Å². The van der Waals surface area contributed by atoms with Gasteiger partial charge in [0.1, 0.15) is 5.72 Å². The van der Waals surface area contributed by atoms with Crippen LogP contribution in [0.2, 0.25) is 0 Å². The lowest BCUT2D eigenvalue weighted by molar-refractivity contribution is -0.159. The van der Waals surface area contributed by atoms with Crippen LogP contribution in [-0.2, 0) is 9.59 Å². The summed E-state index contributed by atoms with van der Waals surface area (Å²) < 4.78 is 0. The van der Waals surface area contributed by atoms with Crippen molar-refractivity contribution in [2.24, 2.45) is 0 Å². The van der Waals surface area contributed by atoms with Gasteiger partial charge in [-0.15, -0.1) is 0 Å². The summed E-state index contributed by atoms with van der Waals surface area (Å²) in [6.45, 7) is 3.76. The van der Waals surface area contributed by atoms with Crippen molar-refractivity contribution in [2.75, 3.05) is 14.1 Å². The highest BCUT2D eigenvalue weighted by molar-refractivity contribution is 6.27. The fourth-order valence-corrected chi connectivity index (χ4v) is 0.316. The number of hydrogen-bond donors (Lipinski definition) is 3. The Morgan fingerprint density at radius 1 is 1.21 bits per heavy atom. The Kier molecular flexibility index (Phi) is 6.94. The predicted molar refractivity (Wildman–Crippen MR) is 49.9 cm³/mol. The topological polar surface area (TPSA) is 98.1 Å². The molecule has 14 heavy (non-hydrogen) atoms. The minimum Gasteiger partial charge on any atom is -0.473 e. The zero-order valence-electron chi connectivity index (χ0n) is 8.81. The van der Waals surface area contributed by atoms with Crippen LogP contribution in [0, 0.1) is 0 Å². The van der Waals surface area contributed by atoms with Gasteiger partial charge < -0.3 is 15.3 Å². The summed E-state index contributed by atoms with van der Waals surface area (Å²) in [7, 11) is 3.73. The molecule has 0 saturated heterocycles. The molecule has 3 N–H and O–H groups in total. The van der Waals surface area contributed by atoms with Crippen LogP contribution in [-0.4, -0.2) is 52.0 Å². The number of aliphatic carboxylic acids is 2. The summed E-state index contributed by atoms with van der Waals surface area (Å²) in [4.78, 5) is 20.0. The predicted octanol–water partition coefficient (Wildman–Crippen LogP) is -0.178. The van der Waals surface area contributed by atoms with E-state index in [2.05, 4.69) is 0 Å². The number of carboxylic acids is 2. The number of aliphatic hydroxyl groups is 1. The second-order valence-electron chi connectivity index (χ2n) is 3.08. The fraction of sp³-hybridized carbons (Fsp3) is 0.750. The molecule has 1 atom stereocenters. The van der Waals surface area contributed by atoms with Crippen LogP contribution in [0.5, 0.6) is 0 Å². The van der Waals surface area contributed by atoms with Crippen molar-refractivity contribution in [1.29, 1.82) is 0 Å². The van der Waals surface area contributed by atoms with Crippen LogP contribution in [0.15, 0.2) is 0 Å². The van der Waals surface area contributed by atoms with E-state index in [0.29, 0.717) is 0 Å². The number of rotatable bonds is 2. The van der Waals surface area contributed by atoms with E-state index in [1.807, 2.05) is 21.0 Å². The van der Waals surface area contributed by atoms with Crippen LogP contribution in [0.3, 0.4) is 0 Å². The summed E-state index contributed by atoms with van der Waals surface area (Å²) in [5.74, 6) is -3.65. The van der Waals surface area contributed by atoms with E-state index in [1.54, 1.807) is 11.8 Å². The van der Waals surface area contributed by atoms with Gasteiger partial charge >= 0.3 is 11.9 Å². The smallest absolute Gasteiger partial charge is 0.414 e. The van der Waals surface area contributed by atoms with Crippen molar-refractivity contribution in [1.82, 2.24) is 4.90 Å². The van der Waals surface area contributed by atoms with Gasteiger partial charge in [-0.2, -0.15) is 0 Å². The van der Waals surface area contributed by atoms with E-state index in [4.69, 9.17) is 19.8 Å². The first-order chi connectivity index (χ1) is 6.15. The van der Waals surface area contributed by atoms with Gasteiger partial charge in [-0.05, 0) is 27.4 Å². The largest absolute Gasteiger partial charge is 0.473 e. The van der Waals surface area contributed by atoms with Crippen molar-refractivity contribution in [3.63, 3.8) is 0 Å². The standard InChI is InChI=1S/C6H15NO.C2H2O4/c1-5-6(2,8)7(3)4;3-1(4)2(5)6/h8H,5H2,1-4H3;(H,3,4)(H,5,6). The lowest BCUT2D eigenvalue weighted by Crippen LogP contribution is -2.40. The molecule has 0 fully saturated rings. The Bertz CT molecular complexity index is 188. The highest BCUT2D eigenvalue weighted by Gasteiger charge is 2.18. The molecule has 0 aliphatic rings. The summed E-state index contributed by atoms with van der Waals surface area (Å²) in [5, 5.41) is 24.1. The summed E-state index contributed by atoms with van der Waals surface area (Å²) >= 11 is 0.